The van der Waals surface area contributed by atoms with Crippen LogP contribution in [-0.2, 0) is 4.79 Å². The molecule has 0 atom stereocenters. The largest absolute Gasteiger partial charge is 0.481 e. The van der Waals surface area contributed by atoms with Gasteiger partial charge in [0.25, 0.3) is 5.97 Å². The summed E-state index contributed by atoms with van der Waals surface area (Å²) in [6, 6.07) is 0. The maximum atomic E-state index is 9.00. The maximum Gasteiger partial charge on any atom is 0.300 e. The minimum Gasteiger partial charge on any atom is -0.481 e. The molecule has 0 aliphatic rings. The molecule has 0 aromatic carbocycles. The van der Waals surface area contributed by atoms with Gasteiger partial charge in [-0.1, -0.05) is 0 Å². The van der Waals surface area contributed by atoms with Gasteiger partial charge in [-0.25, -0.2) is 0 Å². The number of rotatable bonds is 0. The van der Waals surface area contributed by atoms with Crippen LogP contribution in [0.4, 0.5) is 0 Å². The second-order valence-corrected chi connectivity index (χ2v) is 1.02. The highest BCUT2D eigenvalue weighted by Gasteiger charge is 1.65. The van der Waals surface area contributed by atoms with Crippen molar-refractivity contribution in [3.63, 3.8) is 0 Å². The van der Waals surface area contributed by atoms with Crippen molar-refractivity contribution in [3.8, 4) is 11.8 Å². The molecule has 2 nitrogen and oxygen atoms in total. The minimum absolute atomic E-state index is 0.833. The van der Waals surface area contributed by atoms with Gasteiger partial charge in [0.05, 0.1) is 0 Å². The number of hydrogen-bond donors (Lipinski definition) is 1. The van der Waals surface area contributed by atoms with E-state index in [9.17, 15) is 0 Å². The SMILES string of the molecule is CC#CC.CC(=O)O. The Balaban J connectivity index is 0. The lowest BCUT2D eigenvalue weighted by atomic mass is 10.7. The van der Waals surface area contributed by atoms with Gasteiger partial charge in [0, 0.05) is 6.92 Å². The molecule has 1 N–H and O–H groups in total. The predicted octanol–water partition coefficient (Wildman–Crippen LogP) is 1.12. The Morgan fingerprint density at radius 2 is 1.50 bits per heavy atom. The van der Waals surface area contributed by atoms with Gasteiger partial charge < -0.3 is 5.11 Å². The fraction of sp³-hybridized carbons (Fsp3) is 0.500. The molecule has 0 aliphatic heterocycles. The first kappa shape index (κ1) is 10.1. The van der Waals surface area contributed by atoms with Crippen molar-refractivity contribution in [2.75, 3.05) is 0 Å². The van der Waals surface area contributed by atoms with Crippen molar-refractivity contribution in [2.45, 2.75) is 20.8 Å². The minimum atomic E-state index is -0.833. The summed E-state index contributed by atoms with van der Waals surface area (Å²) >= 11 is 0. The summed E-state index contributed by atoms with van der Waals surface area (Å²) in [4.78, 5) is 9.00. The van der Waals surface area contributed by atoms with Crippen LogP contribution in [0.2, 0.25) is 0 Å². The molecule has 8 heavy (non-hydrogen) atoms. The van der Waals surface area contributed by atoms with Crippen LogP contribution in [0, 0.1) is 11.8 Å². The third kappa shape index (κ3) is 90800. The van der Waals surface area contributed by atoms with Crippen LogP contribution in [0.1, 0.15) is 20.8 Å². The van der Waals surface area contributed by atoms with Crippen molar-refractivity contribution in [3.05, 3.63) is 0 Å². The zero-order valence-corrected chi connectivity index (χ0v) is 5.36. The predicted molar refractivity (Wildman–Crippen MR) is 32.4 cm³/mol. The quantitative estimate of drug-likeness (QED) is 0.479. The molecular weight excluding hydrogens is 104 g/mol. The molecule has 46 valence electrons. The van der Waals surface area contributed by atoms with Crippen molar-refractivity contribution < 1.29 is 9.90 Å². The van der Waals surface area contributed by atoms with Crippen LogP contribution in [-0.4, -0.2) is 11.1 Å². The van der Waals surface area contributed by atoms with Gasteiger partial charge in [-0.3, -0.25) is 4.79 Å². The Morgan fingerprint density at radius 1 is 1.38 bits per heavy atom. The van der Waals surface area contributed by atoms with Crippen LogP contribution < -0.4 is 0 Å². The first-order chi connectivity index (χ1) is 3.65. The molecule has 0 unspecified atom stereocenters. The maximum absolute atomic E-state index is 9.00. The first-order valence-corrected chi connectivity index (χ1v) is 2.18. The number of carboxylic acids is 1. The van der Waals surface area contributed by atoms with Crippen molar-refractivity contribution in [1.29, 1.82) is 0 Å². The topological polar surface area (TPSA) is 37.3 Å². The van der Waals surface area contributed by atoms with E-state index in [-0.39, 0.29) is 0 Å². The van der Waals surface area contributed by atoms with Gasteiger partial charge in [-0.2, -0.15) is 0 Å². The van der Waals surface area contributed by atoms with Gasteiger partial charge in [-0.15, -0.1) is 11.8 Å². The van der Waals surface area contributed by atoms with Gasteiger partial charge in [-0.05, 0) is 13.8 Å². The molecule has 0 rings (SSSR count). The lowest BCUT2D eigenvalue weighted by molar-refractivity contribution is -0.134. The molecule has 0 saturated heterocycles. The van der Waals surface area contributed by atoms with Crippen LogP contribution >= 0.6 is 0 Å². The van der Waals surface area contributed by atoms with E-state index in [1.165, 1.54) is 0 Å². The fourth-order valence-corrected chi connectivity index (χ4v) is 0. The number of carboxylic acid groups (broad SMARTS) is 1. The fourth-order valence-electron chi connectivity index (χ4n) is 0. The second-order valence-electron chi connectivity index (χ2n) is 1.02. The van der Waals surface area contributed by atoms with Gasteiger partial charge >= 0.3 is 0 Å². The standard InChI is InChI=1S/C4H6.C2H4O2/c1-3-4-2;1-2(3)4/h1-2H3;1H3,(H,3,4). The molecule has 0 aromatic rings. The zero-order chi connectivity index (χ0) is 6.99. The summed E-state index contributed by atoms with van der Waals surface area (Å²) in [5.41, 5.74) is 0. The highest BCUT2D eigenvalue weighted by molar-refractivity contribution is 5.62. The molecule has 0 amide bonds. The highest BCUT2D eigenvalue weighted by atomic mass is 16.4. The van der Waals surface area contributed by atoms with E-state index in [1.807, 2.05) is 13.8 Å². The summed E-state index contributed by atoms with van der Waals surface area (Å²) in [7, 11) is 0. The molecular formula is C6H10O2. The van der Waals surface area contributed by atoms with Gasteiger partial charge in [0.1, 0.15) is 0 Å². The van der Waals surface area contributed by atoms with E-state index < -0.39 is 5.97 Å². The summed E-state index contributed by atoms with van der Waals surface area (Å²) in [5, 5.41) is 7.42. The highest BCUT2D eigenvalue weighted by Crippen LogP contribution is 1.42. The van der Waals surface area contributed by atoms with Crippen molar-refractivity contribution in [1.82, 2.24) is 0 Å². The van der Waals surface area contributed by atoms with Gasteiger partial charge in [0.2, 0.25) is 0 Å². The molecule has 0 aliphatic carbocycles. The first-order valence-electron chi connectivity index (χ1n) is 2.18. The van der Waals surface area contributed by atoms with Crippen molar-refractivity contribution >= 4 is 5.97 Å². The van der Waals surface area contributed by atoms with E-state index in [4.69, 9.17) is 9.90 Å². The Hall–Kier alpha value is -0.970. The molecule has 0 saturated carbocycles. The summed E-state index contributed by atoms with van der Waals surface area (Å²) in [6.07, 6.45) is 0. The monoisotopic (exact) mass is 114 g/mol. The summed E-state index contributed by atoms with van der Waals surface area (Å²) in [6.45, 7) is 4.72. The average molecular weight is 114 g/mol. The smallest absolute Gasteiger partial charge is 0.300 e. The van der Waals surface area contributed by atoms with Crippen LogP contribution in [0.5, 0.6) is 0 Å². The lowest BCUT2D eigenvalue weighted by Crippen LogP contribution is -1.78. The molecule has 0 radical (unpaired) electrons. The molecule has 0 heterocycles. The molecule has 0 spiro atoms. The van der Waals surface area contributed by atoms with E-state index >= 15 is 0 Å². The second kappa shape index (κ2) is 9.39. The third-order valence-electron chi connectivity index (χ3n) is 0.250. The Labute approximate surface area is 49.5 Å². The van der Waals surface area contributed by atoms with E-state index in [2.05, 4.69) is 11.8 Å². The van der Waals surface area contributed by atoms with Crippen LogP contribution in [0.15, 0.2) is 0 Å². The molecule has 0 fully saturated rings. The van der Waals surface area contributed by atoms with Gasteiger partial charge in [0.15, 0.2) is 0 Å². The third-order valence-corrected chi connectivity index (χ3v) is 0.250. The number of hydrogen-bond acceptors (Lipinski definition) is 1. The number of aliphatic carboxylic acids is 1. The molecule has 2 heteroatoms. The average Bonchev–Trinajstić information content (AvgIpc) is 1.65. The van der Waals surface area contributed by atoms with Crippen LogP contribution in [0.25, 0.3) is 0 Å². The number of carbonyl (C=O) groups is 1. The van der Waals surface area contributed by atoms with E-state index in [1.54, 1.807) is 0 Å². The molecule has 0 aromatic heterocycles. The van der Waals surface area contributed by atoms with Crippen LogP contribution in [0.3, 0.4) is 0 Å². The van der Waals surface area contributed by atoms with E-state index in [0.717, 1.165) is 6.92 Å². The zero-order valence-electron chi connectivity index (χ0n) is 5.36. The Kier molecular flexibility index (Phi) is 11.9. The lowest BCUT2D eigenvalue weighted by Gasteiger charge is -1.59. The normalized spacial score (nSPS) is 4.88. The summed E-state index contributed by atoms with van der Waals surface area (Å²) < 4.78 is 0. The van der Waals surface area contributed by atoms with E-state index in [0.29, 0.717) is 0 Å². The Morgan fingerprint density at radius 3 is 1.50 bits per heavy atom. The van der Waals surface area contributed by atoms with Crippen molar-refractivity contribution in [2.24, 2.45) is 0 Å². The Bertz CT molecular complexity index is 95.4. The molecule has 0 bridgehead atoms. The summed E-state index contributed by atoms with van der Waals surface area (Å²) in [5.74, 6) is 4.53.